The summed E-state index contributed by atoms with van der Waals surface area (Å²) in [5.41, 5.74) is 0.825. The van der Waals surface area contributed by atoms with Crippen LogP contribution in [0.5, 0.6) is 0 Å². The van der Waals surface area contributed by atoms with Crippen molar-refractivity contribution >= 4 is 59.4 Å². The minimum Gasteiger partial charge on any atom is -0.466 e. The normalized spacial score (nSPS) is 12.1. The highest BCUT2D eigenvalue weighted by Gasteiger charge is 2.13. The van der Waals surface area contributed by atoms with Gasteiger partial charge in [-0.1, -0.05) is 15.9 Å². The molecule has 106 valence electrons. The first-order valence-corrected chi connectivity index (χ1v) is 8.04. The number of aliphatic hydroxyl groups excluding tert-OH is 1. The van der Waals surface area contributed by atoms with E-state index in [9.17, 15) is 9.90 Å². The van der Waals surface area contributed by atoms with E-state index in [0.717, 1.165) is 19.1 Å². The van der Waals surface area contributed by atoms with Gasteiger partial charge in [-0.2, -0.15) is 0 Å². The Balaban J connectivity index is 2.55. The van der Waals surface area contributed by atoms with Gasteiger partial charge in [-0.25, -0.2) is 0 Å². The number of hydrogen-bond acceptors (Lipinski definition) is 4. The van der Waals surface area contributed by atoms with Crippen LogP contribution in [-0.4, -0.2) is 30.3 Å². The molecule has 0 heterocycles. The lowest BCUT2D eigenvalue weighted by atomic mass is 10.2. The van der Waals surface area contributed by atoms with Crippen LogP contribution < -0.4 is 5.32 Å². The Morgan fingerprint density at radius 3 is 2.47 bits per heavy atom. The van der Waals surface area contributed by atoms with E-state index in [-0.39, 0.29) is 13.0 Å². The molecule has 1 unspecified atom stereocenters. The molecule has 0 bridgehead atoms. The van der Waals surface area contributed by atoms with E-state index < -0.39 is 12.1 Å². The number of benzene rings is 1. The number of hydrogen-bond donors (Lipinski definition) is 2. The van der Waals surface area contributed by atoms with E-state index in [1.807, 2.05) is 12.1 Å². The molecule has 0 spiro atoms. The van der Waals surface area contributed by atoms with Crippen molar-refractivity contribution in [2.24, 2.45) is 0 Å². The van der Waals surface area contributed by atoms with Crippen LogP contribution in [0, 0.1) is 0 Å². The van der Waals surface area contributed by atoms with Gasteiger partial charge in [-0.3, -0.25) is 4.79 Å². The zero-order valence-electron chi connectivity index (χ0n) is 10.3. The summed E-state index contributed by atoms with van der Waals surface area (Å²) in [5, 5.41) is 12.8. The van der Waals surface area contributed by atoms with Crippen LogP contribution in [0.25, 0.3) is 0 Å². The quantitative estimate of drug-likeness (QED) is 0.637. The average Bonchev–Trinajstić information content (AvgIpc) is 2.27. The van der Waals surface area contributed by atoms with E-state index in [1.165, 1.54) is 0 Å². The molecule has 0 amide bonds. The molecule has 2 N–H and O–H groups in total. The van der Waals surface area contributed by atoms with E-state index in [2.05, 4.69) is 53.1 Å². The van der Waals surface area contributed by atoms with Crippen LogP contribution in [0.4, 0.5) is 5.69 Å². The first-order chi connectivity index (χ1) is 8.93. The fraction of sp³-hybridized carbons (Fsp3) is 0.417. The maximum absolute atomic E-state index is 11.2. The molecule has 1 aromatic rings. The fourth-order valence-electron chi connectivity index (χ4n) is 1.42. The highest BCUT2D eigenvalue weighted by Crippen LogP contribution is 2.34. The number of ether oxygens (including phenoxy) is 1. The summed E-state index contributed by atoms with van der Waals surface area (Å²) in [5.74, 6) is -0.397. The molecular weight excluding hydrogens is 446 g/mol. The standard InChI is InChI=1S/C12H14Br3NO3/c1-2-19-11(18)5-8(17)6-16-12-9(14)3-7(13)4-10(12)15/h3-4,8,16-17H,2,5-6H2,1H3. The lowest BCUT2D eigenvalue weighted by Crippen LogP contribution is -2.24. The van der Waals surface area contributed by atoms with Crippen molar-refractivity contribution in [3.05, 3.63) is 25.6 Å². The molecule has 0 aromatic heterocycles. The predicted molar refractivity (Wildman–Crippen MR) is 85.3 cm³/mol. The number of carbonyl (C=O) groups is 1. The summed E-state index contributed by atoms with van der Waals surface area (Å²) in [7, 11) is 0. The third-order valence-electron chi connectivity index (χ3n) is 2.23. The van der Waals surface area contributed by atoms with Gasteiger partial charge in [0.1, 0.15) is 0 Å². The monoisotopic (exact) mass is 457 g/mol. The predicted octanol–water partition coefficient (Wildman–Crippen LogP) is 3.70. The van der Waals surface area contributed by atoms with Crippen LogP contribution in [0.15, 0.2) is 25.6 Å². The molecule has 1 atom stereocenters. The number of anilines is 1. The second-order valence-electron chi connectivity index (χ2n) is 3.79. The third kappa shape index (κ3) is 5.81. The van der Waals surface area contributed by atoms with Crippen molar-refractivity contribution in [2.45, 2.75) is 19.4 Å². The zero-order valence-corrected chi connectivity index (χ0v) is 15.0. The fourth-order valence-corrected chi connectivity index (χ4v) is 3.95. The molecule has 0 fully saturated rings. The Bertz CT molecular complexity index is 431. The largest absolute Gasteiger partial charge is 0.466 e. The van der Waals surface area contributed by atoms with E-state index >= 15 is 0 Å². The number of halogens is 3. The summed E-state index contributed by atoms with van der Waals surface area (Å²) in [4.78, 5) is 11.2. The number of rotatable bonds is 6. The molecule has 1 aromatic carbocycles. The smallest absolute Gasteiger partial charge is 0.308 e. The lowest BCUT2D eigenvalue weighted by molar-refractivity contribution is -0.145. The van der Waals surface area contributed by atoms with E-state index in [1.54, 1.807) is 6.92 Å². The highest BCUT2D eigenvalue weighted by atomic mass is 79.9. The van der Waals surface area contributed by atoms with Gasteiger partial charge in [0.25, 0.3) is 0 Å². The number of aliphatic hydroxyl groups is 1. The van der Waals surface area contributed by atoms with E-state index in [0.29, 0.717) is 6.61 Å². The Labute approximate surface area is 137 Å². The molecule has 19 heavy (non-hydrogen) atoms. The highest BCUT2D eigenvalue weighted by molar-refractivity contribution is 9.11. The summed E-state index contributed by atoms with van der Waals surface area (Å²) in [6.07, 6.45) is -0.812. The summed E-state index contributed by atoms with van der Waals surface area (Å²) >= 11 is 10.2. The Morgan fingerprint density at radius 2 is 1.95 bits per heavy atom. The molecule has 0 saturated carbocycles. The Hall–Kier alpha value is -0.110. The molecule has 0 saturated heterocycles. The minimum absolute atomic E-state index is 0.0212. The van der Waals surface area contributed by atoms with Crippen LogP contribution in [-0.2, 0) is 9.53 Å². The van der Waals surface area contributed by atoms with Crippen LogP contribution in [0.1, 0.15) is 13.3 Å². The Kier molecular flexibility index (Phi) is 7.35. The molecular formula is C12H14Br3NO3. The molecule has 0 aliphatic carbocycles. The topological polar surface area (TPSA) is 58.6 Å². The molecule has 0 aliphatic rings. The van der Waals surface area contributed by atoms with Crippen molar-refractivity contribution in [1.82, 2.24) is 0 Å². The van der Waals surface area contributed by atoms with Crippen LogP contribution >= 0.6 is 47.8 Å². The number of carbonyl (C=O) groups excluding carboxylic acids is 1. The molecule has 0 radical (unpaired) electrons. The van der Waals surface area contributed by atoms with E-state index in [4.69, 9.17) is 4.74 Å². The second-order valence-corrected chi connectivity index (χ2v) is 6.41. The Morgan fingerprint density at radius 1 is 1.37 bits per heavy atom. The van der Waals surface area contributed by atoms with Gasteiger partial charge in [-0.05, 0) is 50.9 Å². The van der Waals surface area contributed by atoms with Crippen molar-refractivity contribution in [3.63, 3.8) is 0 Å². The van der Waals surface area contributed by atoms with Crippen molar-refractivity contribution in [3.8, 4) is 0 Å². The van der Waals surface area contributed by atoms with Gasteiger partial charge in [0.15, 0.2) is 0 Å². The molecule has 1 rings (SSSR count). The van der Waals surface area contributed by atoms with Crippen LogP contribution in [0.3, 0.4) is 0 Å². The zero-order chi connectivity index (χ0) is 14.4. The molecule has 4 nitrogen and oxygen atoms in total. The molecule has 7 heteroatoms. The van der Waals surface area contributed by atoms with Crippen LogP contribution in [0.2, 0.25) is 0 Å². The minimum atomic E-state index is -0.790. The number of esters is 1. The average molecular weight is 460 g/mol. The summed E-state index contributed by atoms with van der Waals surface area (Å²) in [6.45, 7) is 2.32. The molecule has 0 aliphatic heterocycles. The maximum atomic E-state index is 11.2. The first kappa shape index (κ1) is 16.9. The van der Waals surface area contributed by atoms with Gasteiger partial charge >= 0.3 is 5.97 Å². The van der Waals surface area contributed by atoms with Crippen molar-refractivity contribution < 1.29 is 14.6 Å². The first-order valence-electron chi connectivity index (χ1n) is 5.66. The van der Waals surface area contributed by atoms with Gasteiger partial charge in [0, 0.05) is 20.0 Å². The van der Waals surface area contributed by atoms with Gasteiger partial charge in [0.05, 0.1) is 24.8 Å². The second kappa shape index (κ2) is 8.24. The van der Waals surface area contributed by atoms with Gasteiger partial charge < -0.3 is 15.2 Å². The SMILES string of the molecule is CCOC(=O)CC(O)CNc1c(Br)cc(Br)cc1Br. The number of nitrogens with one attached hydrogen (secondary N) is 1. The lowest BCUT2D eigenvalue weighted by Gasteiger charge is -2.15. The van der Waals surface area contributed by atoms with Gasteiger partial charge in [0.2, 0.25) is 0 Å². The summed E-state index contributed by atoms with van der Waals surface area (Å²) in [6, 6.07) is 3.79. The summed E-state index contributed by atoms with van der Waals surface area (Å²) < 4.78 is 7.43. The van der Waals surface area contributed by atoms with Gasteiger partial charge in [-0.15, -0.1) is 0 Å². The van der Waals surface area contributed by atoms with Crippen molar-refractivity contribution in [2.75, 3.05) is 18.5 Å². The maximum Gasteiger partial charge on any atom is 0.308 e. The third-order valence-corrected chi connectivity index (χ3v) is 3.94. The van der Waals surface area contributed by atoms with Crippen molar-refractivity contribution in [1.29, 1.82) is 0 Å².